The van der Waals surface area contributed by atoms with Crippen LogP contribution in [0.1, 0.15) is 18.5 Å². The maximum absolute atomic E-state index is 11.9. The summed E-state index contributed by atoms with van der Waals surface area (Å²) in [6.07, 6.45) is 0. The van der Waals surface area contributed by atoms with Gasteiger partial charge in [0.15, 0.2) is 0 Å². The molecule has 3 N–H and O–H groups in total. The Kier molecular flexibility index (Phi) is 7.37. The van der Waals surface area contributed by atoms with Crippen molar-refractivity contribution in [3.8, 4) is 0 Å². The summed E-state index contributed by atoms with van der Waals surface area (Å²) in [4.78, 5) is 22.0. The Hall–Kier alpha value is -2.64. The molecule has 0 saturated carbocycles. The molecule has 0 saturated heterocycles. The van der Waals surface area contributed by atoms with E-state index in [1.807, 2.05) is 31.2 Å². The van der Waals surface area contributed by atoms with Gasteiger partial charge in [-0.05, 0) is 30.7 Å². The number of nitro groups is 1. The summed E-state index contributed by atoms with van der Waals surface area (Å²) in [5.41, 5.74) is 1.75. The largest absolute Gasteiger partial charge is 0.383 e. The highest BCUT2D eigenvalue weighted by Crippen LogP contribution is 2.21. The van der Waals surface area contributed by atoms with E-state index in [1.165, 1.54) is 12.1 Å². The van der Waals surface area contributed by atoms with E-state index in [4.69, 9.17) is 11.6 Å². The monoisotopic (exact) mass is 376 g/mol. The summed E-state index contributed by atoms with van der Waals surface area (Å²) >= 11 is 6.14. The first-order valence-electron chi connectivity index (χ1n) is 8.20. The quantitative estimate of drug-likeness (QED) is 0.355. The van der Waals surface area contributed by atoms with Crippen molar-refractivity contribution in [2.45, 2.75) is 13.0 Å². The van der Waals surface area contributed by atoms with Gasteiger partial charge in [0.25, 0.3) is 5.69 Å². The number of hydrogen-bond donors (Lipinski definition) is 3. The minimum Gasteiger partial charge on any atom is -0.383 e. The van der Waals surface area contributed by atoms with E-state index in [1.54, 1.807) is 12.1 Å². The molecular formula is C18H21ClN4O3. The zero-order valence-corrected chi connectivity index (χ0v) is 15.1. The smallest absolute Gasteiger partial charge is 0.269 e. The number of amides is 1. The second-order valence-electron chi connectivity index (χ2n) is 5.70. The highest BCUT2D eigenvalue weighted by Gasteiger charge is 2.10. The average molecular weight is 377 g/mol. The molecule has 1 atom stereocenters. The van der Waals surface area contributed by atoms with E-state index in [0.717, 1.165) is 11.3 Å². The molecule has 0 radical (unpaired) electrons. The van der Waals surface area contributed by atoms with Crippen molar-refractivity contribution < 1.29 is 9.72 Å². The summed E-state index contributed by atoms with van der Waals surface area (Å²) < 4.78 is 0. The molecule has 0 spiro atoms. The van der Waals surface area contributed by atoms with E-state index >= 15 is 0 Å². The first-order valence-corrected chi connectivity index (χ1v) is 8.58. The second kappa shape index (κ2) is 9.74. The number of anilines is 1. The van der Waals surface area contributed by atoms with Crippen LogP contribution >= 0.6 is 11.6 Å². The third kappa shape index (κ3) is 6.02. The standard InChI is InChI=1S/C18H21ClN4O3/c1-13(16-4-2-3-5-17(16)19)22-12-18(24)21-11-10-20-14-6-8-15(9-7-14)23(25)26/h2-9,13,20,22H,10-12H2,1H3,(H,21,24)/t13-/m1/s1. The van der Waals surface area contributed by atoms with Gasteiger partial charge in [-0.2, -0.15) is 0 Å². The van der Waals surface area contributed by atoms with Crippen LogP contribution in [0.15, 0.2) is 48.5 Å². The second-order valence-corrected chi connectivity index (χ2v) is 6.11. The van der Waals surface area contributed by atoms with E-state index < -0.39 is 4.92 Å². The van der Waals surface area contributed by atoms with Crippen LogP contribution < -0.4 is 16.0 Å². The molecule has 0 aliphatic rings. The van der Waals surface area contributed by atoms with Crippen molar-refractivity contribution in [1.29, 1.82) is 0 Å². The van der Waals surface area contributed by atoms with Crippen LogP contribution in [-0.2, 0) is 4.79 Å². The van der Waals surface area contributed by atoms with Gasteiger partial charge in [0, 0.05) is 42.0 Å². The Balaban J connectivity index is 1.66. The fourth-order valence-corrected chi connectivity index (χ4v) is 2.65. The molecule has 2 aromatic rings. The Bertz CT molecular complexity index is 752. The molecule has 2 aromatic carbocycles. The number of benzene rings is 2. The first-order chi connectivity index (χ1) is 12.5. The van der Waals surface area contributed by atoms with Gasteiger partial charge in [-0.3, -0.25) is 14.9 Å². The highest BCUT2D eigenvalue weighted by atomic mass is 35.5. The van der Waals surface area contributed by atoms with Gasteiger partial charge in [0.05, 0.1) is 11.5 Å². The van der Waals surface area contributed by atoms with Crippen molar-refractivity contribution in [3.63, 3.8) is 0 Å². The third-order valence-electron chi connectivity index (χ3n) is 3.79. The minimum atomic E-state index is -0.444. The van der Waals surface area contributed by atoms with Gasteiger partial charge in [-0.25, -0.2) is 0 Å². The van der Waals surface area contributed by atoms with E-state index in [9.17, 15) is 14.9 Å². The fourth-order valence-electron chi connectivity index (χ4n) is 2.35. The molecule has 0 aliphatic carbocycles. The maximum atomic E-state index is 11.9. The molecule has 0 aromatic heterocycles. The average Bonchev–Trinajstić information content (AvgIpc) is 2.64. The predicted molar refractivity (Wildman–Crippen MR) is 102 cm³/mol. The highest BCUT2D eigenvalue weighted by molar-refractivity contribution is 6.31. The minimum absolute atomic E-state index is 0.0346. The van der Waals surface area contributed by atoms with Crippen LogP contribution in [-0.4, -0.2) is 30.5 Å². The SMILES string of the molecule is C[C@@H](NCC(=O)NCCNc1ccc([N+](=O)[O-])cc1)c1ccccc1Cl. The van der Waals surface area contributed by atoms with Gasteiger partial charge in [-0.1, -0.05) is 29.8 Å². The molecule has 0 heterocycles. The topological polar surface area (TPSA) is 96.3 Å². The molecule has 1 amide bonds. The summed E-state index contributed by atoms with van der Waals surface area (Å²) in [6, 6.07) is 13.6. The zero-order chi connectivity index (χ0) is 18.9. The number of rotatable bonds is 9. The molecule has 26 heavy (non-hydrogen) atoms. The van der Waals surface area contributed by atoms with Gasteiger partial charge in [0.2, 0.25) is 5.91 Å². The lowest BCUT2D eigenvalue weighted by Gasteiger charge is -2.15. The lowest BCUT2D eigenvalue weighted by Crippen LogP contribution is -2.37. The van der Waals surface area contributed by atoms with Gasteiger partial charge < -0.3 is 16.0 Å². The Morgan fingerprint density at radius 1 is 1.15 bits per heavy atom. The van der Waals surface area contributed by atoms with E-state index in [2.05, 4.69) is 16.0 Å². The van der Waals surface area contributed by atoms with Crippen molar-refractivity contribution in [2.75, 3.05) is 25.0 Å². The van der Waals surface area contributed by atoms with E-state index in [-0.39, 0.29) is 24.2 Å². The summed E-state index contributed by atoms with van der Waals surface area (Å²) in [5.74, 6) is -0.116. The molecule has 2 rings (SSSR count). The van der Waals surface area contributed by atoms with Crippen LogP contribution in [0.4, 0.5) is 11.4 Å². The molecule has 8 heteroatoms. The van der Waals surface area contributed by atoms with Gasteiger partial charge in [-0.15, -0.1) is 0 Å². The van der Waals surface area contributed by atoms with Crippen molar-refractivity contribution in [1.82, 2.24) is 10.6 Å². The lowest BCUT2D eigenvalue weighted by atomic mass is 10.1. The van der Waals surface area contributed by atoms with Gasteiger partial charge >= 0.3 is 0 Å². The number of halogens is 1. The molecular weight excluding hydrogens is 356 g/mol. The number of carbonyl (C=O) groups is 1. The number of nitrogens with one attached hydrogen (secondary N) is 3. The van der Waals surface area contributed by atoms with Crippen molar-refractivity contribution >= 4 is 28.9 Å². The number of carbonyl (C=O) groups excluding carboxylic acids is 1. The first kappa shape index (κ1) is 19.7. The number of nitro benzene ring substituents is 1. The van der Waals surface area contributed by atoms with Crippen LogP contribution in [0.5, 0.6) is 0 Å². The molecule has 7 nitrogen and oxygen atoms in total. The van der Waals surface area contributed by atoms with Gasteiger partial charge in [0.1, 0.15) is 0 Å². The number of non-ortho nitro benzene ring substituents is 1. The lowest BCUT2D eigenvalue weighted by molar-refractivity contribution is -0.384. The molecule has 0 bridgehead atoms. The predicted octanol–water partition coefficient (Wildman–Crippen LogP) is 3.13. The van der Waals surface area contributed by atoms with E-state index in [0.29, 0.717) is 18.1 Å². The molecule has 138 valence electrons. The summed E-state index contributed by atoms with van der Waals surface area (Å²) in [6.45, 7) is 3.09. The van der Waals surface area contributed by atoms with Crippen molar-refractivity contribution in [2.24, 2.45) is 0 Å². The van der Waals surface area contributed by atoms with Crippen LogP contribution in [0.3, 0.4) is 0 Å². The Labute approximate surface area is 156 Å². The molecule has 0 aliphatic heterocycles. The number of nitrogens with zero attached hydrogens (tertiary/aromatic N) is 1. The summed E-state index contributed by atoms with van der Waals surface area (Å²) in [5, 5.41) is 20.3. The van der Waals surface area contributed by atoms with Crippen LogP contribution in [0.25, 0.3) is 0 Å². The van der Waals surface area contributed by atoms with Crippen LogP contribution in [0, 0.1) is 10.1 Å². The van der Waals surface area contributed by atoms with Crippen LogP contribution in [0.2, 0.25) is 5.02 Å². The number of hydrogen-bond acceptors (Lipinski definition) is 5. The molecule has 0 unspecified atom stereocenters. The molecule has 0 fully saturated rings. The zero-order valence-electron chi connectivity index (χ0n) is 14.4. The Morgan fingerprint density at radius 3 is 2.50 bits per heavy atom. The summed E-state index contributed by atoms with van der Waals surface area (Å²) in [7, 11) is 0. The maximum Gasteiger partial charge on any atom is 0.269 e. The fraction of sp³-hybridized carbons (Fsp3) is 0.278. The normalized spacial score (nSPS) is 11.6. The Morgan fingerprint density at radius 2 is 1.85 bits per heavy atom. The third-order valence-corrected chi connectivity index (χ3v) is 4.14. The van der Waals surface area contributed by atoms with Crippen molar-refractivity contribution in [3.05, 3.63) is 69.2 Å².